The topological polar surface area (TPSA) is 56.1 Å². The van der Waals surface area contributed by atoms with Crippen LogP contribution in [0.15, 0.2) is 11.0 Å². The van der Waals surface area contributed by atoms with E-state index in [1.165, 1.54) is 4.68 Å². The number of nitrogens with one attached hydrogen (secondary N) is 1. The monoisotopic (exact) mass is 243 g/mol. The highest BCUT2D eigenvalue weighted by Crippen LogP contribution is 2.21. The van der Waals surface area contributed by atoms with Crippen LogP contribution in [-0.4, -0.2) is 28.5 Å². The van der Waals surface area contributed by atoms with Gasteiger partial charge in [0.05, 0.1) is 24.0 Å². The van der Waals surface area contributed by atoms with Crippen molar-refractivity contribution in [1.29, 1.82) is 0 Å². The molecule has 16 heavy (non-hydrogen) atoms. The lowest BCUT2D eigenvalue weighted by Crippen LogP contribution is -2.29. The average Bonchev–Trinajstić information content (AvgIpc) is 2.65. The molecule has 1 fully saturated rings. The summed E-state index contributed by atoms with van der Waals surface area (Å²) in [5, 5.41) is 7.29. The first-order chi connectivity index (χ1) is 7.59. The van der Waals surface area contributed by atoms with Crippen LogP contribution in [0.1, 0.15) is 13.3 Å². The molecule has 2 heterocycles. The Kier molecular flexibility index (Phi) is 3.16. The molecule has 0 amide bonds. The van der Waals surface area contributed by atoms with Crippen LogP contribution < -0.4 is 10.9 Å². The number of aromatic nitrogens is 2. The molecule has 0 saturated carbocycles. The Hall–Kier alpha value is -1.07. The van der Waals surface area contributed by atoms with Gasteiger partial charge < -0.3 is 10.1 Å². The summed E-state index contributed by atoms with van der Waals surface area (Å²) >= 11 is 5.95. The molecule has 1 N–H and O–H groups in total. The first-order valence-corrected chi connectivity index (χ1v) is 5.57. The summed E-state index contributed by atoms with van der Waals surface area (Å²) in [7, 11) is 1.57. The number of ether oxygens (including phenoxy) is 1. The molecule has 88 valence electrons. The summed E-state index contributed by atoms with van der Waals surface area (Å²) in [5.74, 6) is 0. The molecule has 1 saturated heterocycles. The molecule has 0 bridgehead atoms. The molecule has 1 aliphatic heterocycles. The smallest absolute Gasteiger partial charge is 0.287 e. The van der Waals surface area contributed by atoms with Crippen LogP contribution in [0.3, 0.4) is 0 Å². The van der Waals surface area contributed by atoms with Gasteiger partial charge in [-0.2, -0.15) is 5.10 Å². The Morgan fingerprint density at radius 2 is 2.44 bits per heavy atom. The molecule has 0 aliphatic carbocycles. The highest BCUT2D eigenvalue weighted by atomic mass is 35.5. The van der Waals surface area contributed by atoms with Gasteiger partial charge in [-0.1, -0.05) is 11.6 Å². The molecule has 6 heteroatoms. The van der Waals surface area contributed by atoms with Crippen LogP contribution in [0, 0.1) is 0 Å². The summed E-state index contributed by atoms with van der Waals surface area (Å²) in [6.45, 7) is 2.72. The van der Waals surface area contributed by atoms with Crippen molar-refractivity contribution < 1.29 is 4.74 Å². The van der Waals surface area contributed by atoms with Gasteiger partial charge >= 0.3 is 0 Å². The fourth-order valence-electron chi connectivity index (χ4n) is 1.73. The van der Waals surface area contributed by atoms with Crippen LogP contribution in [0.4, 0.5) is 5.69 Å². The molecule has 5 nitrogen and oxygen atoms in total. The third kappa shape index (κ3) is 2.05. The Bertz CT molecular complexity index is 446. The summed E-state index contributed by atoms with van der Waals surface area (Å²) in [5.41, 5.74) is 0.283. The van der Waals surface area contributed by atoms with Gasteiger partial charge in [0.25, 0.3) is 5.56 Å². The molecule has 2 unspecified atom stereocenters. The maximum atomic E-state index is 11.5. The second-order valence-electron chi connectivity index (χ2n) is 3.92. The number of halogens is 1. The van der Waals surface area contributed by atoms with Crippen molar-refractivity contribution in [1.82, 2.24) is 9.78 Å². The van der Waals surface area contributed by atoms with Gasteiger partial charge in [-0.3, -0.25) is 4.79 Å². The van der Waals surface area contributed by atoms with Crippen LogP contribution >= 0.6 is 11.6 Å². The summed E-state index contributed by atoms with van der Waals surface area (Å²) in [6.07, 6.45) is 2.60. The summed E-state index contributed by atoms with van der Waals surface area (Å²) in [6, 6.07) is 0.186. The lowest BCUT2D eigenvalue weighted by Gasteiger charge is -2.17. The molecule has 0 aromatic carbocycles. The van der Waals surface area contributed by atoms with E-state index >= 15 is 0 Å². The van der Waals surface area contributed by atoms with Crippen LogP contribution in [0.5, 0.6) is 0 Å². The van der Waals surface area contributed by atoms with Crippen molar-refractivity contribution in [2.45, 2.75) is 25.5 Å². The van der Waals surface area contributed by atoms with E-state index in [0.29, 0.717) is 5.69 Å². The molecule has 1 aliphatic rings. The fourth-order valence-corrected chi connectivity index (χ4v) is 1.96. The third-order valence-corrected chi connectivity index (χ3v) is 3.16. The SMILES string of the molecule is CC1OCCC1Nc1cnn(C)c(=O)c1Cl. The first-order valence-electron chi connectivity index (χ1n) is 5.19. The Morgan fingerprint density at radius 1 is 1.69 bits per heavy atom. The lowest BCUT2D eigenvalue weighted by atomic mass is 10.1. The Balaban J connectivity index is 2.22. The number of hydrogen-bond donors (Lipinski definition) is 1. The largest absolute Gasteiger partial charge is 0.377 e. The van der Waals surface area contributed by atoms with E-state index in [4.69, 9.17) is 16.3 Å². The molecule has 2 atom stereocenters. The van der Waals surface area contributed by atoms with E-state index in [1.54, 1.807) is 13.2 Å². The van der Waals surface area contributed by atoms with E-state index in [0.717, 1.165) is 13.0 Å². The lowest BCUT2D eigenvalue weighted by molar-refractivity contribution is 0.121. The number of rotatable bonds is 2. The number of hydrogen-bond acceptors (Lipinski definition) is 4. The van der Waals surface area contributed by atoms with Gasteiger partial charge in [-0.25, -0.2) is 4.68 Å². The minimum absolute atomic E-state index is 0.125. The fraction of sp³-hybridized carbons (Fsp3) is 0.600. The van der Waals surface area contributed by atoms with Crippen molar-refractivity contribution >= 4 is 17.3 Å². The van der Waals surface area contributed by atoms with E-state index in [2.05, 4.69) is 10.4 Å². The average molecular weight is 244 g/mol. The number of nitrogens with zero attached hydrogens (tertiary/aromatic N) is 2. The van der Waals surface area contributed by atoms with Crippen molar-refractivity contribution in [3.8, 4) is 0 Å². The molecule has 2 rings (SSSR count). The Labute approximate surface area is 98.4 Å². The van der Waals surface area contributed by atoms with Crippen molar-refractivity contribution in [2.24, 2.45) is 7.05 Å². The zero-order chi connectivity index (χ0) is 11.7. The maximum absolute atomic E-state index is 11.5. The second-order valence-corrected chi connectivity index (χ2v) is 4.29. The van der Waals surface area contributed by atoms with Gasteiger partial charge in [0, 0.05) is 13.7 Å². The quantitative estimate of drug-likeness (QED) is 0.843. The van der Waals surface area contributed by atoms with Gasteiger partial charge in [0.15, 0.2) is 0 Å². The highest BCUT2D eigenvalue weighted by molar-refractivity contribution is 6.32. The van der Waals surface area contributed by atoms with Gasteiger partial charge in [-0.15, -0.1) is 0 Å². The maximum Gasteiger partial charge on any atom is 0.287 e. The summed E-state index contributed by atoms with van der Waals surface area (Å²) in [4.78, 5) is 11.5. The van der Waals surface area contributed by atoms with E-state index in [9.17, 15) is 4.79 Å². The number of aryl methyl sites for hydroxylation is 1. The molecular weight excluding hydrogens is 230 g/mol. The normalized spacial score (nSPS) is 24.7. The highest BCUT2D eigenvalue weighted by Gasteiger charge is 2.25. The molecule has 0 radical (unpaired) electrons. The minimum atomic E-state index is -0.293. The van der Waals surface area contributed by atoms with Gasteiger partial charge in [0.2, 0.25) is 0 Å². The molecule has 0 spiro atoms. The van der Waals surface area contributed by atoms with Crippen LogP contribution in [0.2, 0.25) is 5.02 Å². The summed E-state index contributed by atoms with van der Waals surface area (Å²) < 4.78 is 6.63. The van der Waals surface area contributed by atoms with Gasteiger partial charge in [0.1, 0.15) is 5.02 Å². The van der Waals surface area contributed by atoms with Crippen molar-refractivity contribution in [3.63, 3.8) is 0 Å². The zero-order valence-electron chi connectivity index (χ0n) is 9.24. The minimum Gasteiger partial charge on any atom is -0.377 e. The van der Waals surface area contributed by atoms with E-state index in [-0.39, 0.29) is 22.7 Å². The predicted octanol–water partition coefficient (Wildman–Crippen LogP) is 1.02. The standard InChI is InChI=1S/C10H14ClN3O2/c1-6-7(3-4-16-6)13-8-5-12-14(2)10(15)9(8)11/h5-7,13H,3-4H2,1-2H3. The molecular formula is C10H14ClN3O2. The predicted molar refractivity (Wildman–Crippen MR) is 61.9 cm³/mol. The first kappa shape index (κ1) is 11.4. The third-order valence-electron chi connectivity index (χ3n) is 2.80. The molecule has 1 aromatic rings. The Morgan fingerprint density at radius 3 is 3.06 bits per heavy atom. The second kappa shape index (κ2) is 4.43. The van der Waals surface area contributed by atoms with Gasteiger partial charge in [-0.05, 0) is 13.3 Å². The molecule has 1 aromatic heterocycles. The van der Waals surface area contributed by atoms with Crippen LogP contribution in [0.25, 0.3) is 0 Å². The van der Waals surface area contributed by atoms with Crippen molar-refractivity contribution in [3.05, 3.63) is 21.6 Å². The van der Waals surface area contributed by atoms with Crippen LogP contribution in [-0.2, 0) is 11.8 Å². The van der Waals surface area contributed by atoms with Crippen molar-refractivity contribution in [2.75, 3.05) is 11.9 Å². The zero-order valence-corrected chi connectivity index (χ0v) is 9.99. The van der Waals surface area contributed by atoms with E-state index < -0.39 is 0 Å². The number of anilines is 1. The van der Waals surface area contributed by atoms with E-state index in [1.807, 2.05) is 6.92 Å².